The maximum absolute atomic E-state index is 12.6. The van der Waals surface area contributed by atoms with Gasteiger partial charge in [-0.05, 0) is 97.2 Å². The molecule has 2 nitrogen and oxygen atoms in total. The summed E-state index contributed by atoms with van der Waals surface area (Å²) in [6, 6.07) is 0. The van der Waals surface area contributed by atoms with Crippen LogP contribution < -0.4 is 0 Å². The molecular formula is C32H53BrO2. The highest BCUT2D eigenvalue weighted by Crippen LogP contribution is 2.67. The van der Waals surface area contributed by atoms with Crippen molar-refractivity contribution in [2.75, 3.05) is 0 Å². The second-order valence-electron chi connectivity index (χ2n) is 14.2. The summed E-state index contributed by atoms with van der Waals surface area (Å²) in [5, 5.41) is 0. The first kappa shape index (κ1) is 27.7. The monoisotopic (exact) mass is 548 g/mol. The number of carbonyl (C=O) groups excluding carboxylic acids is 1. The van der Waals surface area contributed by atoms with Crippen molar-refractivity contribution in [2.24, 2.45) is 52.3 Å². The number of allylic oxidation sites excluding steroid dienone is 1. The molecule has 200 valence electrons. The second-order valence-corrected chi connectivity index (χ2v) is 15.2. The van der Waals surface area contributed by atoms with Crippen LogP contribution in [0.1, 0.15) is 119 Å². The van der Waals surface area contributed by atoms with Crippen molar-refractivity contribution >= 4 is 21.9 Å². The topological polar surface area (TPSA) is 26.3 Å². The van der Waals surface area contributed by atoms with Crippen molar-refractivity contribution in [3.63, 3.8) is 0 Å². The minimum absolute atomic E-state index is 0.0635. The van der Waals surface area contributed by atoms with Gasteiger partial charge in [-0.15, -0.1) is 0 Å². The van der Waals surface area contributed by atoms with Gasteiger partial charge in [0, 0.05) is 6.42 Å². The molecule has 0 saturated heterocycles. The molecular weight excluding hydrogens is 496 g/mol. The molecule has 0 aromatic carbocycles. The largest absolute Gasteiger partial charge is 0.461 e. The van der Waals surface area contributed by atoms with E-state index < -0.39 is 0 Å². The van der Waals surface area contributed by atoms with Crippen LogP contribution in [0.4, 0.5) is 0 Å². The standard InChI is InChI=1S/C32H53BrO2/c1-20(2)9-8-10-22(5)26-13-14-27-25-12-11-23-19-24(35-30(34)29(33)21(3)4)15-17-31(23,6)28(25)16-18-32(26,27)7/h11,20-22,24-29H,8-10,12-19H2,1-7H3/t22-,24-,25+,26-,27+,28+,29-,31-,32+/m0/s1. The Morgan fingerprint density at radius 3 is 2.46 bits per heavy atom. The fourth-order valence-electron chi connectivity index (χ4n) is 9.25. The molecule has 3 heteroatoms. The number of hydrogen-bond acceptors (Lipinski definition) is 2. The highest BCUT2D eigenvalue weighted by atomic mass is 79.9. The Labute approximate surface area is 224 Å². The average Bonchev–Trinajstić information content (AvgIpc) is 3.15. The number of fused-ring (bicyclic) bond motifs is 5. The van der Waals surface area contributed by atoms with Gasteiger partial charge in [-0.2, -0.15) is 0 Å². The Bertz CT molecular complexity index is 786. The molecule has 0 aromatic heterocycles. The molecule has 35 heavy (non-hydrogen) atoms. The summed E-state index contributed by atoms with van der Waals surface area (Å²) in [6.45, 7) is 16.7. The van der Waals surface area contributed by atoms with E-state index in [4.69, 9.17) is 4.74 Å². The first-order valence-corrected chi connectivity index (χ1v) is 15.9. The zero-order valence-corrected chi connectivity index (χ0v) is 25.3. The number of rotatable bonds is 8. The summed E-state index contributed by atoms with van der Waals surface area (Å²) in [5.41, 5.74) is 2.48. The fourth-order valence-corrected chi connectivity index (χ4v) is 9.36. The van der Waals surface area contributed by atoms with Gasteiger partial charge in [-0.1, -0.05) is 95.3 Å². The molecule has 4 aliphatic carbocycles. The van der Waals surface area contributed by atoms with E-state index in [2.05, 4.69) is 70.5 Å². The predicted molar refractivity (Wildman–Crippen MR) is 150 cm³/mol. The third-order valence-corrected chi connectivity index (χ3v) is 12.8. The molecule has 0 spiro atoms. The summed E-state index contributed by atoms with van der Waals surface area (Å²) in [6.07, 6.45) is 17.1. The Kier molecular flexibility index (Phi) is 8.57. The van der Waals surface area contributed by atoms with Crippen molar-refractivity contribution < 1.29 is 9.53 Å². The van der Waals surface area contributed by atoms with Crippen molar-refractivity contribution in [3.05, 3.63) is 11.6 Å². The highest BCUT2D eigenvalue weighted by Gasteiger charge is 2.59. The summed E-state index contributed by atoms with van der Waals surface area (Å²) >= 11 is 3.54. The summed E-state index contributed by atoms with van der Waals surface area (Å²) in [7, 11) is 0. The Morgan fingerprint density at radius 1 is 1.03 bits per heavy atom. The molecule has 0 unspecified atom stereocenters. The fraction of sp³-hybridized carbons (Fsp3) is 0.906. The second kappa shape index (κ2) is 10.8. The molecule has 9 atom stereocenters. The normalized spacial score (nSPS) is 40.5. The minimum Gasteiger partial charge on any atom is -0.461 e. The average molecular weight is 550 g/mol. The van der Waals surface area contributed by atoms with Gasteiger partial charge in [0.2, 0.25) is 0 Å². The van der Waals surface area contributed by atoms with Crippen molar-refractivity contribution in [2.45, 2.75) is 130 Å². The molecule has 4 aliphatic rings. The molecule has 0 aromatic rings. The smallest absolute Gasteiger partial charge is 0.320 e. The van der Waals surface area contributed by atoms with Gasteiger partial charge in [-0.3, -0.25) is 4.79 Å². The van der Waals surface area contributed by atoms with Gasteiger partial charge < -0.3 is 4.74 Å². The zero-order valence-electron chi connectivity index (χ0n) is 23.7. The quantitative estimate of drug-likeness (QED) is 0.171. The first-order chi connectivity index (χ1) is 16.5. The van der Waals surface area contributed by atoms with Crippen LogP contribution in [-0.4, -0.2) is 16.9 Å². The molecule has 3 fully saturated rings. The Morgan fingerprint density at radius 2 is 1.77 bits per heavy atom. The van der Waals surface area contributed by atoms with E-state index in [1.165, 1.54) is 57.8 Å². The third-order valence-electron chi connectivity index (χ3n) is 11.4. The molecule has 0 aliphatic heterocycles. The van der Waals surface area contributed by atoms with E-state index >= 15 is 0 Å². The number of alkyl halides is 1. The van der Waals surface area contributed by atoms with Crippen LogP contribution in [0.25, 0.3) is 0 Å². The summed E-state index contributed by atoms with van der Waals surface area (Å²) < 4.78 is 5.99. The van der Waals surface area contributed by atoms with E-state index in [0.29, 0.717) is 10.8 Å². The lowest BCUT2D eigenvalue weighted by Gasteiger charge is -2.58. The Hall–Kier alpha value is -0.310. The van der Waals surface area contributed by atoms with Crippen LogP contribution in [0.3, 0.4) is 0 Å². The lowest BCUT2D eigenvalue weighted by atomic mass is 9.47. The van der Waals surface area contributed by atoms with Gasteiger partial charge in [-0.25, -0.2) is 0 Å². The number of carbonyl (C=O) groups is 1. The molecule has 3 saturated carbocycles. The van der Waals surface area contributed by atoms with E-state index in [1.807, 2.05) is 0 Å². The van der Waals surface area contributed by atoms with Gasteiger partial charge in [0.05, 0.1) is 0 Å². The maximum atomic E-state index is 12.6. The van der Waals surface area contributed by atoms with Crippen LogP contribution in [0, 0.1) is 52.3 Å². The zero-order chi connectivity index (χ0) is 25.5. The minimum atomic E-state index is -0.195. The van der Waals surface area contributed by atoms with E-state index in [0.717, 1.165) is 48.3 Å². The van der Waals surface area contributed by atoms with E-state index in [1.54, 1.807) is 5.57 Å². The molecule has 0 heterocycles. The van der Waals surface area contributed by atoms with E-state index in [-0.39, 0.29) is 22.8 Å². The maximum Gasteiger partial charge on any atom is 0.320 e. The van der Waals surface area contributed by atoms with Gasteiger partial charge in [0.15, 0.2) is 0 Å². The van der Waals surface area contributed by atoms with Crippen molar-refractivity contribution in [1.82, 2.24) is 0 Å². The van der Waals surface area contributed by atoms with E-state index in [9.17, 15) is 4.79 Å². The van der Waals surface area contributed by atoms with Crippen LogP contribution in [-0.2, 0) is 9.53 Å². The van der Waals surface area contributed by atoms with Gasteiger partial charge >= 0.3 is 5.97 Å². The number of halogens is 1. The molecule has 4 rings (SSSR count). The summed E-state index contributed by atoms with van der Waals surface area (Å²) in [5.74, 6) is 5.42. The predicted octanol–water partition coefficient (Wildman–Crippen LogP) is 9.36. The summed E-state index contributed by atoms with van der Waals surface area (Å²) in [4.78, 5) is 12.4. The number of ether oxygens (including phenoxy) is 1. The van der Waals surface area contributed by atoms with Crippen LogP contribution >= 0.6 is 15.9 Å². The molecule has 0 bridgehead atoms. The van der Waals surface area contributed by atoms with Crippen molar-refractivity contribution in [1.29, 1.82) is 0 Å². The first-order valence-electron chi connectivity index (χ1n) is 15.0. The van der Waals surface area contributed by atoms with Crippen LogP contribution in [0.15, 0.2) is 11.6 Å². The lowest BCUT2D eigenvalue weighted by molar-refractivity contribution is -0.151. The molecule has 0 amide bonds. The molecule has 0 N–H and O–H groups in total. The highest BCUT2D eigenvalue weighted by molar-refractivity contribution is 9.10. The Balaban J connectivity index is 1.43. The van der Waals surface area contributed by atoms with Crippen LogP contribution in [0.2, 0.25) is 0 Å². The van der Waals surface area contributed by atoms with Gasteiger partial charge in [0.1, 0.15) is 10.9 Å². The van der Waals surface area contributed by atoms with Gasteiger partial charge in [0.25, 0.3) is 0 Å². The lowest BCUT2D eigenvalue weighted by Crippen LogP contribution is -2.51. The SMILES string of the molecule is CC(C)CCC[C@H](C)[C@@H]1CC[C@@H]2[C@H]3CC=C4C[C@@H](OC(=O)[C@@H](Br)C(C)C)CC[C@]4(C)[C@@H]3CC[C@@]21C. The number of esters is 1. The molecule has 0 radical (unpaired) electrons. The number of hydrogen-bond donors (Lipinski definition) is 0. The van der Waals surface area contributed by atoms with Crippen LogP contribution in [0.5, 0.6) is 0 Å². The van der Waals surface area contributed by atoms with Crippen molar-refractivity contribution in [3.8, 4) is 0 Å². The third kappa shape index (κ3) is 5.33.